The highest BCUT2D eigenvalue weighted by molar-refractivity contribution is 5.53. The van der Waals surface area contributed by atoms with E-state index in [-0.39, 0.29) is 6.54 Å². The number of nitriles is 2. The molecule has 0 spiro atoms. The van der Waals surface area contributed by atoms with Crippen LogP contribution in [0.1, 0.15) is 11.6 Å². The summed E-state index contributed by atoms with van der Waals surface area (Å²) in [5.41, 5.74) is 1.54. The standard InChI is InChI=1S/C22H18N4O2/c1-27-20-11-7-18(8-12-20)22(25-16-23)6-4-3-5-15-26(17-24)19-9-13-21(28-2)14-10-19/h7-14,22,25H,15H2,1-2H3. The van der Waals surface area contributed by atoms with Crippen LogP contribution in [0.15, 0.2) is 48.5 Å². The van der Waals surface area contributed by atoms with E-state index < -0.39 is 6.04 Å². The van der Waals surface area contributed by atoms with E-state index in [4.69, 9.17) is 14.7 Å². The van der Waals surface area contributed by atoms with Crippen LogP contribution in [-0.4, -0.2) is 20.8 Å². The number of hydrogen-bond donors (Lipinski definition) is 1. The number of hydrogen-bond acceptors (Lipinski definition) is 6. The third-order valence-corrected chi connectivity index (χ3v) is 3.77. The maximum atomic E-state index is 9.30. The summed E-state index contributed by atoms with van der Waals surface area (Å²) in [6, 6.07) is 13.9. The highest BCUT2D eigenvalue weighted by atomic mass is 16.5. The Bertz CT molecular complexity index is 978. The zero-order valence-electron chi connectivity index (χ0n) is 15.6. The van der Waals surface area contributed by atoms with Crippen molar-refractivity contribution in [2.75, 3.05) is 25.7 Å². The molecule has 2 aromatic rings. The maximum Gasteiger partial charge on any atom is 0.185 e. The van der Waals surface area contributed by atoms with Crippen molar-refractivity contribution in [2.45, 2.75) is 6.04 Å². The molecule has 2 aromatic carbocycles. The smallest absolute Gasteiger partial charge is 0.185 e. The van der Waals surface area contributed by atoms with Crippen LogP contribution in [0.5, 0.6) is 11.5 Å². The van der Waals surface area contributed by atoms with Crippen molar-refractivity contribution in [2.24, 2.45) is 0 Å². The van der Waals surface area contributed by atoms with Crippen LogP contribution in [0.4, 0.5) is 5.69 Å². The lowest BCUT2D eigenvalue weighted by Crippen LogP contribution is -2.16. The molecule has 1 N–H and O–H groups in total. The second-order valence-electron chi connectivity index (χ2n) is 5.42. The molecule has 0 aliphatic rings. The molecule has 6 nitrogen and oxygen atoms in total. The minimum Gasteiger partial charge on any atom is -0.497 e. The predicted molar refractivity (Wildman–Crippen MR) is 106 cm³/mol. The Kier molecular flexibility index (Phi) is 7.64. The van der Waals surface area contributed by atoms with Crippen LogP contribution in [0.25, 0.3) is 0 Å². The van der Waals surface area contributed by atoms with Crippen molar-refractivity contribution in [3.05, 3.63) is 54.1 Å². The first kappa shape index (κ1) is 20.1. The van der Waals surface area contributed by atoms with E-state index in [1.54, 1.807) is 50.6 Å². The summed E-state index contributed by atoms with van der Waals surface area (Å²) < 4.78 is 10.2. The highest BCUT2D eigenvalue weighted by Crippen LogP contribution is 2.18. The van der Waals surface area contributed by atoms with Gasteiger partial charge in [-0.15, -0.1) is 0 Å². The molecule has 0 amide bonds. The lowest BCUT2D eigenvalue weighted by molar-refractivity contribution is 0.414. The zero-order valence-corrected chi connectivity index (χ0v) is 15.6. The first-order valence-electron chi connectivity index (χ1n) is 8.30. The summed E-state index contributed by atoms with van der Waals surface area (Å²) in [7, 11) is 3.17. The topological polar surface area (TPSA) is 81.3 Å². The summed E-state index contributed by atoms with van der Waals surface area (Å²) in [6.07, 6.45) is 3.99. The van der Waals surface area contributed by atoms with E-state index in [1.807, 2.05) is 18.3 Å². The molecule has 0 bridgehead atoms. The molecule has 0 aliphatic carbocycles. The molecule has 28 heavy (non-hydrogen) atoms. The average molecular weight is 370 g/mol. The SMILES string of the molecule is COc1ccc(C(C#CC#CCN(C#N)c2ccc(OC)cc2)NC#N)cc1. The fraction of sp³-hybridized carbons (Fsp3) is 0.182. The summed E-state index contributed by atoms with van der Waals surface area (Å²) >= 11 is 0. The van der Waals surface area contributed by atoms with Gasteiger partial charge in [0.15, 0.2) is 12.4 Å². The Morgan fingerprint density at radius 2 is 1.54 bits per heavy atom. The van der Waals surface area contributed by atoms with Gasteiger partial charge >= 0.3 is 0 Å². The number of benzene rings is 2. The second kappa shape index (κ2) is 10.7. The molecular formula is C22H18N4O2. The van der Waals surface area contributed by atoms with Crippen LogP contribution in [0, 0.1) is 46.6 Å². The third-order valence-electron chi connectivity index (χ3n) is 3.77. The Hall–Kier alpha value is -4.26. The Balaban J connectivity index is 2.05. The van der Waals surface area contributed by atoms with Crippen LogP contribution in [0.2, 0.25) is 0 Å². The number of nitrogens with zero attached hydrogens (tertiary/aromatic N) is 3. The minimum absolute atomic E-state index is 0.205. The van der Waals surface area contributed by atoms with Gasteiger partial charge in [0.2, 0.25) is 0 Å². The quantitative estimate of drug-likeness (QED) is 0.478. The largest absolute Gasteiger partial charge is 0.497 e. The number of ether oxygens (including phenoxy) is 2. The van der Waals surface area contributed by atoms with Gasteiger partial charge in [0, 0.05) is 0 Å². The van der Waals surface area contributed by atoms with Crippen LogP contribution < -0.4 is 19.7 Å². The number of nitrogens with one attached hydrogen (secondary N) is 1. The van der Waals surface area contributed by atoms with Crippen molar-refractivity contribution in [3.63, 3.8) is 0 Å². The molecule has 1 unspecified atom stereocenters. The Morgan fingerprint density at radius 1 is 0.929 bits per heavy atom. The van der Waals surface area contributed by atoms with E-state index in [2.05, 4.69) is 35.2 Å². The van der Waals surface area contributed by atoms with Gasteiger partial charge < -0.3 is 14.8 Å². The van der Waals surface area contributed by atoms with E-state index in [1.165, 1.54) is 4.90 Å². The molecule has 2 rings (SSSR count). The first-order valence-corrected chi connectivity index (χ1v) is 8.30. The van der Waals surface area contributed by atoms with E-state index in [0.717, 1.165) is 11.3 Å². The Morgan fingerprint density at radius 3 is 2.07 bits per heavy atom. The van der Waals surface area contributed by atoms with Crippen LogP contribution in [-0.2, 0) is 0 Å². The van der Waals surface area contributed by atoms with Gasteiger partial charge in [-0.1, -0.05) is 24.0 Å². The number of methoxy groups -OCH3 is 2. The van der Waals surface area contributed by atoms with Crippen molar-refractivity contribution >= 4 is 5.69 Å². The van der Waals surface area contributed by atoms with Gasteiger partial charge in [-0.25, -0.2) is 0 Å². The molecule has 0 saturated heterocycles. The van der Waals surface area contributed by atoms with Gasteiger partial charge in [-0.2, -0.15) is 10.5 Å². The van der Waals surface area contributed by atoms with E-state index >= 15 is 0 Å². The van der Waals surface area contributed by atoms with Gasteiger partial charge in [-0.3, -0.25) is 4.90 Å². The van der Waals surface area contributed by atoms with Crippen molar-refractivity contribution in [1.82, 2.24) is 5.32 Å². The minimum atomic E-state index is -0.473. The molecule has 0 aromatic heterocycles. The maximum absolute atomic E-state index is 9.30. The summed E-state index contributed by atoms with van der Waals surface area (Å²) in [5, 5.41) is 20.9. The van der Waals surface area contributed by atoms with Crippen molar-refractivity contribution in [3.8, 4) is 47.6 Å². The van der Waals surface area contributed by atoms with Crippen LogP contribution in [0.3, 0.4) is 0 Å². The molecule has 0 heterocycles. The van der Waals surface area contributed by atoms with Crippen molar-refractivity contribution < 1.29 is 9.47 Å². The molecule has 0 aliphatic heterocycles. The van der Waals surface area contributed by atoms with Gasteiger partial charge in [0.25, 0.3) is 0 Å². The first-order chi connectivity index (χ1) is 13.7. The zero-order chi connectivity index (χ0) is 20.2. The number of anilines is 1. The lowest BCUT2D eigenvalue weighted by atomic mass is 10.1. The molecular weight excluding hydrogens is 352 g/mol. The fourth-order valence-electron chi connectivity index (χ4n) is 2.28. The average Bonchev–Trinajstić information content (AvgIpc) is 2.75. The van der Waals surface area contributed by atoms with Crippen LogP contribution >= 0.6 is 0 Å². The molecule has 0 fully saturated rings. The summed E-state index contributed by atoms with van der Waals surface area (Å²) in [6.45, 7) is 0.205. The van der Waals surface area contributed by atoms with E-state index in [0.29, 0.717) is 11.4 Å². The third kappa shape index (κ3) is 5.63. The predicted octanol–water partition coefficient (Wildman–Crippen LogP) is 2.81. The second-order valence-corrected chi connectivity index (χ2v) is 5.42. The van der Waals surface area contributed by atoms with Gasteiger partial charge in [0.1, 0.15) is 17.5 Å². The molecule has 6 heteroatoms. The van der Waals surface area contributed by atoms with Crippen molar-refractivity contribution in [1.29, 1.82) is 10.5 Å². The molecule has 138 valence electrons. The molecule has 0 radical (unpaired) electrons. The monoisotopic (exact) mass is 370 g/mol. The molecule has 0 saturated carbocycles. The van der Waals surface area contributed by atoms with Gasteiger partial charge in [-0.05, 0) is 53.8 Å². The molecule has 1 atom stereocenters. The summed E-state index contributed by atoms with van der Waals surface area (Å²) in [5.74, 6) is 12.6. The lowest BCUT2D eigenvalue weighted by Gasteiger charge is -2.12. The fourth-order valence-corrected chi connectivity index (χ4v) is 2.28. The van der Waals surface area contributed by atoms with E-state index in [9.17, 15) is 5.26 Å². The van der Waals surface area contributed by atoms with Gasteiger partial charge in [0.05, 0.1) is 26.5 Å². The highest BCUT2D eigenvalue weighted by Gasteiger charge is 2.07. The Labute approximate surface area is 164 Å². The number of rotatable bonds is 6. The summed E-state index contributed by atoms with van der Waals surface area (Å²) in [4.78, 5) is 1.45. The normalized spacial score (nSPS) is 9.86.